The molecule has 0 amide bonds. The van der Waals surface area contributed by atoms with Gasteiger partial charge in [0.15, 0.2) is 6.23 Å². The first-order valence-electron chi connectivity index (χ1n) is 12.2. The number of nitrogens with zero attached hydrogens (tertiary/aromatic N) is 1. The number of nitrogens with one attached hydrogen (secondary N) is 1. The fourth-order valence-electron chi connectivity index (χ4n) is 4.24. The lowest BCUT2D eigenvalue weighted by Crippen LogP contribution is -2.32. The van der Waals surface area contributed by atoms with Crippen molar-refractivity contribution in [2.45, 2.75) is 31.3 Å². The predicted molar refractivity (Wildman–Crippen MR) is 149 cm³/mol. The lowest BCUT2D eigenvalue weighted by Gasteiger charge is -2.28. The monoisotopic (exact) mass is 528 g/mol. The minimum absolute atomic E-state index is 0.0666. The number of ether oxygens (including phenoxy) is 2. The smallest absolute Gasteiger partial charge is 0.294 e. The van der Waals surface area contributed by atoms with Crippen molar-refractivity contribution in [1.29, 1.82) is 0 Å². The van der Waals surface area contributed by atoms with Crippen molar-refractivity contribution in [3.8, 4) is 0 Å². The second-order valence-corrected chi connectivity index (χ2v) is 10.5. The number of para-hydroxylation sites is 1. The molecule has 2 N–H and O–H groups in total. The van der Waals surface area contributed by atoms with Gasteiger partial charge in [-0.05, 0) is 42.8 Å². The Hall–Kier alpha value is -3.82. The van der Waals surface area contributed by atoms with Crippen molar-refractivity contribution in [1.82, 2.24) is 4.98 Å². The van der Waals surface area contributed by atoms with Crippen LogP contribution >= 0.6 is 0 Å². The van der Waals surface area contributed by atoms with E-state index in [-0.39, 0.29) is 11.1 Å². The van der Waals surface area contributed by atoms with Gasteiger partial charge in [-0.25, -0.2) is 4.98 Å². The first-order chi connectivity index (χ1) is 18.4. The van der Waals surface area contributed by atoms with Crippen LogP contribution in [0.5, 0.6) is 0 Å². The summed E-state index contributed by atoms with van der Waals surface area (Å²) in [5, 5.41) is 5.73. The topological polar surface area (TPSA) is 97.8 Å². The zero-order valence-electron chi connectivity index (χ0n) is 20.9. The summed E-state index contributed by atoms with van der Waals surface area (Å²) in [6.45, 7) is 3.45. The maximum Gasteiger partial charge on any atom is 0.294 e. The summed E-state index contributed by atoms with van der Waals surface area (Å²) in [6, 6.07) is 30.8. The quantitative estimate of drug-likeness (QED) is 0.210. The van der Waals surface area contributed by atoms with Crippen molar-refractivity contribution in [2.24, 2.45) is 0 Å². The zero-order chi connectivity index (χ0) is 26.5. The SMILES string of the molecule is Cc1ccc(S(=O)(=O)O)cc1.c1ccc(COCC2Nc3ccc4cc5ccccc5nc4c3CO2)cc1. The highest BCUT2D eigenvalue weighted by molar-refractivity contribution is 7.85. The fraction of sp³-hybridized carbons (Fsp3) is 0.167. The Morgan fingerprint density at radius 2 is 1.68 bits per heavy atom. The lowest BCUT2D eigenvalue weighted by molar-refractivity contribution is -0.0195. The molecule has 0 spiro atoms. The van der Waals surface area contributed by atoms with E-state index in [1.54, 1.807) is 12.1 Å². The molecule has 0 bridgehead atoms. The average molecular weight is 529 g/mol. The van der Waals surface area contributed by atoms with E-state index in [0.29, 0.717) is 19.8 Å². The molecule has 7 nitrogen and oxygen atoms in total. The van der Waals surface area contributed by atoms with Crippen molar-refractivity contribution >= 4 is 37.6 Å². The zero-order valence-corrected chi connectivity index (χ0v) is 21.7. The van der Waals surface area contributed by atoms with E-state index < -0.39 is 10.1 Å². The lowest BCUT2D eigenvalue weighted by atomic mass is 10.0. The molecular formula is C30H28N2O5S. The minimum atomic E-state index is -4.02. The largest absolute Gasteiger partial charge is 0.372 e. The van der Waals surface area contributed by atoms with E-state index in [9.17, 15) is 8.42 Å². The van der Waals surface area contributed by atoms with Gasteiger partial charge in [-0.3, -0.25) is 4.55 Å². The molecule has 1 atom stereocenters. The van der Waals surface area contributed by atoms with Crippen molar-refractivity contribution in [2.75, 3.05) is 11.9 Å². The van der Waals surface area contributed by atoms with Crippen molar-refractivity contribution < 1.29 is 22.4 Å². The van der Waals surface area contributed by atoms with Gasteiger partial charge in [-0.2, -0.15) is 8.42 Å². The molecule has 1 unspecified atom stereocenters. The molecule has 0 saturated carbocycles. The van der Waals surface area contributed by atoms with E-state index in [1.165, 1.54) is 12.1 Å². The van der Waals surface area contributed by atoms with Crippen LogP contribution < -0.4 is 5.32 Å². The standard InChI is InChI=1S/C23H20N2O2.C7H8O3S/c1-2-6-16(7-3-1)13-26-15-22-24-21-11-10-18-12-17-8-4-5-9-20(17)25-23(18)19(21)14-27-22;1-6-2-4-7(5-3-6)11(8,9)10/h1-12,22,24H,13-15H2;2-5H,1H3,(H,8,9,10). The normalized spacial score (nSPS) is 14.8. The number of hydrogen-bond donors (Lipinski definition) is 2. The van der Waals surface area contributed by atoms with Gasteiger partial charge in [0.1, 0.15) is 0 Å². The van der Waals surface area contributed by atoms with Gasteiger partial charge in [0.25, 0.3) is 10.1 Å². The fourth-order valence-corrected chi connectivity index (χ4v) is 4.72. The van der Waals surface area contributed by atoms with E-state index in [1.807, 2.05) is 43.3 Å². The minimum Gasteiger partial charge on any atom is -0.372 e. The molecule has 2 heterocycles. The van der Waals surface area contributed by atoms with Crippen LogP contribution in [0.3, 0.4) is 0 Å². The Kier molecular flexibility index (Phi) is 7.67. The van der Waals surface area contributed by atoms with Gasteiger partial charge < -0.3 is 14.8 Å². The van der Waals surface area contributed by atoms with Gasteiger partial charge in [-0.1, -0.05) is 72.3 Å². The van der Waals surface area contributed by atoms with Crippen LogP contribution in [0.1, 0.15) is 16.7 Å². The van der Waals surface area contributed by atoms with Crippen LogP contribution in [-0.4, -0.2) is 30.8 Å². The van der Waals surface area contributed by atoms with Crippen LogP contribution in [0.4, 0.5) is 5.69 Å². The molecule has 1 aromatic heterocycles. The Labute approximate surface area is 221 Å². The highest BCUT2D eigenvalue weighted by Crippen LogP contribution is 2.31. The Morgan fingerprint density at radius 1 is 0.947 bits per heavy atom. The second kappa shape index (κ2) is 11.3. The summed E-state index contributed by atoms with van der Waals surface area (Å²) in [5.41, 5.74) is 6.31. The van der Waals surface area contributed by atoms with Gasteiger partial charge in [-0.15, -0.1) is 0 Å². The third kappa shape index (κ3) is 6.17. The maximum atomic E-state index is 10.5. The number of hydrogen-bond acceptors (Lipinski definition) is 6. The molecule has 4 aromatic carbocycles. The van der Waals surface area contributed by atoms with Gasteiger partial charge in [0, 0.05) is 22.0 Å². The van der Waals surface area contributed by atoms with Crippen LogP contribution in [0, 0.1) is 6.92 Å². The highest BCUT2D eigenvalue weighted by atomic mass is 32.2. The van der Waals surface area contributed by atoms with E-state index >= 15 is 0 Å². The summed E-state index contributed by atoms with van der Waals surface area (Å²) >= 11 is 0. The van der Waals surface area contributed by atoms with Crippen LogP contribution in [0.25, 0.3) is 21.8 Å². The van der Waals surface area contributed by atoms with Crippen LogP contribution in [0.2, 0.25) is 0 Å². The maximum absolute atomic E-state index is 10.5. The first kappa shape index (κ1) is 25.8. The summed E-state index contributed by atoms with van der Waals surface area (Å²) in [7, 11) is -4.02. The summed E-state index contributed by atoms with van der Waals surface area (Å²) < 4.78 is 41.4. The number of benzene rings is 4. The van der Waals surface area contributed by atoms with Crippen molar-refractivity contribution in [3.05, 3.63) is 114 Å². The molecular weight excluding hydrogens is 500 g/mol. The molecule has 8 heteroatoms. The average Bonchev–Trinajstić information content (AvgIpc) is 2.92. The van der Waals surface area contributed by atoms with E-state index in [2.05, 4.69) is 41.7 Å². The molecule has 5 aromatic rings. The summed E-state index contributed by atoms with van der Waals surface area (Å²) in [4.78, 5) is 4.80. The van der Waals surface area contributed by atoms with Crippen LogP contribution in [-0.2, 0) is 32.8 Å². The number of rotatable bonds is 5. The van der Waals surface area contributed by atoms with E-state index in [0.717, 1.165) is 44.2 Å². The molecule has 0 radical (unpaired) electrons. The number of fused-ring (bicyclic) bond motifs is 4. The molecule has 0 fully saturated rings. The Balaban J connectivity index is 0.000000226. The molecule has 6 rings (SSSR count). The van der Waals surface area contributed by atoms with Crippen LogP contribution in [0.15, 0.2) is 102 Å². The molecule has 1 aliphatic heterocycles. The Bertz CT molecular complexity index is 1660. The number of aryl methyl sites for hydroxylation is 1. The molecule has 1 aliphatic rings. The second-order valence-electron chi connectivity index (χ2n) is 9.08. The number of anilines is 1. The number of aromatic nitrogens is 1. The van der Waals surface area contributed by atoms with E-state index in [4.69, 9.17) is 19.0 Å². The summed E-state index contributed by atoms with van der Waals surface area (Å²) in [6.07, 6.45) is -0.154. The van der Waals surface area contributed by atoms with Gasteiger partial charge in [0.05, 0.1) is 35.7 Å². The highest BCUT2D eigenvalue weighted by Gasteiger charge is 2.21. The Morgan fingerprint density at radius 3 is 2.45 bits per heavy atom. The van der Waals surface area contributed by atoms with Gasteiger partial charge in [0.2, 0.25) is 0 Å². The van der Waals surface area contributed by atoms with Gasteiger partial charge >= 0.3 is 0 Å². The molecule has 0 aliphatic carbocycles. The summed E-state index contributed by atoms with van der Waals surface area (Å²) in [5.74, 6) is 0. The first-order valence-corrected chi connectivity index (χ1v) is 13.7. The third-order valence-corrected chi connectivity index (χ3v) is 7.11. The molecule has 38 heavy (non-hydrogen) atoms. The molecule has 194 valence electrons. The third-order valence-electron chi connectivity index (χ3n) is 6.24. The van der Waals surface area contributed by atoms with Crippen molar-refractivity contribution in [3.63, 3.8) is 0 Å². The predicted octanol–water partition coefficient (Wildman–Crippen LogP) is 6.11. The number of pyridine rings is 1. The molecule has 0 saturated heterocycles.